The molecule has 3 heteroatoms. The lowest BCUT2D eigenvalue weighted by Crippen LogP contribution is -2.24. The summed E-state index contributed by atoms with van der Waals surface area (Å²) in [5.41, 5.74) is 3.73. The van der Waals surface area contributed by atoms with Crippen molar-refractivity contribution in [3.63, 3.8) is 0 Å². The number of hydrogen-bond donors (Lipinski definition) is 1. The van der Waals surface area contributed by atoms with Crippen molar-refractivity contribution in [3.05, 3.63) is 59.2 Å². The zero-order valence-electron chi connectivity index (χ0n) is 12.4. The Morgan fingerprint density at radius 3 is 2.86 bits per heavy atom. The number of fused-ring (bicyclic) bond motifs is 1. The molecule has 0 fully saturated rings. The molecular formula is C19H17NO2. The molecule has 1 N–H and O–H groups in total. The normalized spacial score (nSPS) is 16.4. The Kier molecular flexibility index (Phi) is 3.84. The molecule has 0 spiro atoms. The second-order valence-corrected chi connectivity index (χ2v) is 5.22. The molecule has 1 amide bonds. The minimum absolute atomic E-state index is 0.00188. The third kappa shape index (κ3) is 2.56. The van der Waals surface area contributed by atoms with E-state index in [1.54, 1.807) is 0 Å². The molecule has 0 aliphatic carbocycles. The van der Waals surface area contributed by atoms with Crippen molar-refractivity contribution in [1.29, 1.82) is 0 Å². The maximum atomic E-state index is 12.1. The molecular weight excluding hydrogens is 274 g/mol. The van der Waals surface area contributed by atoms with Crippen LogP contribution in [-0.2, 0) is 4.79 Å². The predicted octanol–water partition coefficient (Wildman–Crippen LogP) is 3.54. The van der Waals surface area contributed by atoms with Gasteiger partial charge in [0.2, 0.25) is 5.91 Å². The molecule has 0 saturated heterocycles. The minimum Gasteiger partial charge on any atom is -0.494 e. The van der Waals surface area contributed by atoms with E-state index in [9.17, 15) is 4.79 Å². The van der Waals surface area contributed by atoms with Crippen LogP contribution in [0.5, 0.6) is 5.75 Å². The van der Waals surface area contributed by atoms with E-state index in [4.69, 9.17) is 11.2 Å². The highest BCUT2D eigenvalue weighted by Crippen LogP contribution is 2.39. The first-order valence-electron chi connectivity index (χ1n) is 7.35. The average molecular weight is 291 g/mol. The highest BCUT2D eigenvalue weighted by atomic mass is 16.5. The number of benzene rings is 2. The Hall–Kier alpha value is -2.73. The maximum absolute atomic E-state index is 12.1. The summed E-state index contributed by atoms with van der Waals surface area (Å²) in [4.78, 5) is 12.1. The van der Waals surface area contributed by atoms with Gasteiger partial charge in [-0.3, -0.25) is 4.79 Å². The van der Waals surface area contributed by atoms with E-state index in [0.29, 0.717) is 13.0 Å². The third-order valence-corrected chi connectivity index (χ3v) is 3.87. The zero-order valence-corrected chi connectivity index (χ0v) is 12.4. The molecule has 110 valence electrons. The molecule has 0 aromatic heterocycles. The molecule has 0 saturated carbocycles. The number of nitrogens with one attached hydrogen (secondary N) is 1. The van der Waals surface area contributed by atoms with E-state index in [2.05, 4.69) is 11.2 Å². The van der Waals surface area contributed by atoms with Crippen LogP contribution >= 0.6 is 0 Å². The first kappa shape index (κ1) is 14.2. The molecule has 3 nitrogen and oxygen atoms in total. The van der Waals surface area contributed by atoms with Crippen LogP contribution in [0.3, 0.4) is 0 Å². The van der Waals surface area contributed by atoms with E-state index in [1.807, 2.05) is 49.4 Å². The van der Waals surface area contributed by atoms with Crippen molar-refractivity contribution >= 4 is 11.6 Å². The Balaban J connectivity index is 2.08. The van der Waals surface area contributed by atoms with E-state index >= 15 is 0 Å². The zero-order chi connectivity index (χ0) is 15.5. The minimum atomic E-state index is -0.0216. The second kappa shape index (κ2) is 5.95. The van der Waals surface area contributed by atoms with Crippen LogP contribution in [0.4, 0.5) is 5.69 Å². The monoisotopic (exact) mass is 291 g/mol. The summed E-state index contributed by atoms with van der Waals surface area (Å²) >= 11 is 0. The standard InChI is InChI=1S/C19H17NO2/c1-3-13-7-5-6-8-15(13)17-12-19(21)20-18-11-14(22-4-2)9-10-16(17)18/h1,5-11,17H,4,12H2,2H3,(H,20,21). The lowest BCUT2D eigenvalue weighted by molar-refractivity contribution is -0.116. The van der Waals surface area contributed by atoms with Crippen molar-refractivity contribution in [2.24, 2.45) is 0 Å². The number of carbonyl (C=O) groups is 1. The number of ether oxygens (including phenoxy) is 1. The highest BCUT2D eigenvalue weighted by Gasteiger charge is 2.28. The van der Waals surface area contributed by atoms with Crippen LogP contribution in [0.1, 0.15) is 36.0 Å². The van der Waals surface area contributed by atoms with Gasteiger partial charge in [-0.05, 0) is 30.2 Å². The van der Waals surface area contributed by atoms with Gasteiger partial charge < -0.3 is 10.1 Å². The largest absolute Gasteiger partial charge is 0.494 e. The van der Waals surface area contributed by atoms with Crippen molar-refractivity contribution in [2.45, 2.75) is 19.3 Å². The van der Waals surface area contributed by atoms with Gasteiger partial charge >= 0.3 is 0 Å². The molecule has 22 heavy (non-hydrogen) atoms. The molecule has 2 aromatic carbocycles. The van der Waals surface area contributed by atoms with Crippen LogP contribution in [0.2, 0.25) is 0 Å². The summed E-state index contributed by atoms with van der Waals surface area (Å²) in [7, 11) is 0. The average Bonchev–Trinajstić information content (AvgIpc) is 2.54. The summed E-state index contributed by atoms with van der Waals surface area (Å²) in [5, 5.41) is 2.93. The molecule has 0 radical (unpaired) electrons. The summed E-state index contributed by atoms with van der Waals surface area (Å²) < 4.78 is 5.51. The Morgan fingerprint density at radius 2 is 2.09 bits per heavy atom. The van der Waals surface area contributed by atoms with Crippen LogP contribution in [0, 0.1) is 12.3 Å². The number of amides is 1. The highest BCUT2D eigenvalue weighted by molar-refractivity contribution is 5.95. The van der Waals surface area contributed by atoms with Crippen molar-refractivity contribution in [1.82, 2.24) is 0 Å². The topological polar surface area (TPSA) is 38.3 Å². The Labute approximate surface area is 130 Å². The number of carbonyl (C=O) groups excluding carboxylic acids is 1. The van der Waals surface area contributed by atoms with Gasteiger partial charge in [0.25, 0.3) is 0 Å². The van der Waals surface area contributed by atoms with Gasteiger partial charge in [-0.2, -0.15) is 0 Å². The van der Waals surface area contributed by atoms with E-state index in [1.165, 1.54) is 0 Å². The van der Waals surface area contributed by atoms with E-state index in [-0.39, 0.29) is 11.8 Å². The molecule has 1 unspecified atom stereocenters. The molecule has 3 rings (SSSR count). The lowest BCUT2D eigenvalue weighted by Gasteiger charge is -2.27. The fourth-order valence-electron chi connectivity index (χ4n) is 2.91. The van der Waals surface area contributed by atoms with E-state index in [0.717, 1.165) is 28.1 Å². The Bertz CT molecular complexity index is 758. The van der Waals surface area contributed by atoms with Crippen LogP contribution in [-0.4, -0.2) is 12.5 Å². The number of hydrogen-bond acceptors (Lipinski definition) is 2. The van der Waals surface area contributed by atoms with Crippen LogP contribution in [0.15, 0.2) is 42.5 Å². The summed E-state index contributed by atoms with van der Waals surface area (Å²) in [6.45, 7) is 2.53. The second-order valence-electron chi connectivity index (χ2n) is 5.22. The van der Waals surface area contributed by atoms with Crippen molar-refractivity contribution in [2.75, 3.05) is 11.9 Å². The molecule has 1 heterocycles. The third-order valence-electron chi connectivity index (χ3n) is 3.87. The maximum Gasteiger partial charge on any atom is 0.225 e. The summed E-state index contributed by atoms with van der Waals surface area (Å²) in [5.74, 6) is 3.45. The van der Waals surface area contributed by atoms with Crippen molar-refractivity contribution < 1.29 is 9.53 Å². The number of anilines is 1. The van der Waals surface area contributed by atoms with Gasteiger partial charge in [0.15, 0.2) is 0 Å². The molecule has 1 aliphatic rings. The fraction of sp³-hybridized carbons (Fsp3) is 0.211. The fourth-order valence-corrected chi connectivity index (χ4v) is 2.91. The summed E-state index contributed by atoms with van der Waals surface area (Å²) in [6.07, 6.45) is 6.01. The SMILES string of the molecule is C#Cc1ccccc1C1CC(=O)Nc2cc(OCC)ccc21. The molecule has 0 bridgehead atoms. The molecule has 1 aliphatic heterocycles. The first-order chi connectivity index (χ1) is 10.7. The first-order valence-corrected chi connectivity index (χ1v) is 7.35. The van der Waals surface area contributed by atoms with Gasteiger partial charge in [-0.25, -0.2) is 0 Å². The van der Waals surface area contributed by atoms with Gasteiger partial charge in [-0.1, -0.05) is 30.2 Å². The van der Waals surface area contributed by atoms with Crippen molar-refractivity contribution in [3.8, 4) is 18.1 Å². The predicted molar refractivity (Wildman–Crippen MR) is 87.1 cm³/mol. The lowest BCUT2D eigenvalue weighted by atomic mass is 9.82. The molecule has 1 atom stereocenters. The van der Waals surface area contributed by atoms with Gasteiger partial charge in [0.05, 0.1) is 6.61 Å². The smallest absolute Gasteiger partial charge is 0.225 e. The Morgan fingerprint density at radius 1 is 1.27 bits per heavy atom. The van der Waals surface area contributed by atoms with Gasteiger partial charge in [-0.15, -0.1) is 6.42 Å². The van der Waals surface area contributed by atoms with Crippen LogP contribution < -0.4 is 10.1 Å². The number of terminal acetylenes is 1. The quantitative estimate of drug-likeness (QED) is 0.878. The van der Waals surface area contributed by atoms with Gasteiger partial charge in [0, 0.05) is 29.7 Å². The van der Waals surface area contributed by atoms with E-state index < -0.39 is 0 Å². The number of rotatable bonds is 3. The molecule has 2 aromatic rings. The van der Waals surface area contributed by atoms with Gasteiger partial charge in [0.1, 0.15) is 5.75 Å². The van der Waals surface area contributed by atoms with Crippen LogP contribution in [0.25, 0.3) is 0 Å². The summed E-state index contributed by atoms with van der Waals surface area (Å²) in [6, 6.07) is 13.6.